The highest BCUT2D eigenvalue weighted by atomic mass is 19.1. The van der Waals surface area contributed by atoms with Crippen molar-refractivity contribution in [3.63, 3.8) is 0 Å². The van der Waals surface area contributed by atoms with Crippen LogP contribution in [-0.2, 0) is 16.0 Å². The van der Waals surface area contributed by atoms with Crippen molar-refractivity contribution >= 4 is 11.8 Å². The fourth-order valence-corrected chi connectivity index (χ4v) is 5.92. The minimum absolute atomic E-state index is 0.0185. The summed E-state index contributed by atoms with van der Waals surface area (Å²) in [5.41, 5.74) is 2.78. The fraction of sp³-hybridized carbons (Fsp3) is 0.355. The third-order valence-electron chi connectivity index (χ3n) is 7.97. The van der Waals surface area contributed by atoms with Crippen LogP contribution in [0.4, 0.5) is 8.78 Å². The highest BCUT2D eigenvalue weighted by Gasteiger charge is 2.39. The molecule has 5 rings (SSSR count). The lowest BCUT2D eigenvalue weighted by Gasteiger charge is -2.32. The number of amides is 2. The first kappa shape index (κ1) is 25.1. The van der Waals surface area contributed by atoms with Crippen LogP contribution in [-0.4, -0.2) is 47.8 Å². The molecule has 0 N–H and O–H groups in total. The van der Waals surface area contributed by atoms with Crippen LogP contribution in [0.1, 0.15) is 36.8 Å². The highest BCUT2D eigenvalue weighted by Crippen LogP contribution is 2.37. The first-order valence-electron chi connectivity index (χ1n) is 13.0. The van der Waals surface area contributed by atoms with Gasteiger partial charge in [0.15, 0.2) is 0 Å². The maximum absolute atomic E-state index is 14.3. The van der Waals surface area contributed by atoms with Crippen molar-refractivity contribution in [1.29, 1.82) is 0 Å². The third kappa shape index (κ3) is 5.43. The molecule has 2 saturated heterocycles. The molecule has 192 valence electrons. The number of piperidine rings is 1. The summed E-state index contributed by atoms with van der Waals surface area (Å²) in [6.07, 6.45) is 2.25. The molecular formula is C31H32F2N2O2. The maximum atomic E-state index is 14.3. The molecule has 0 spiro atoms. The van der Waals surface area contributed by atoms with Gasteiger partial charge in [0.1, 0.15) is 11.6 Å². The van der Waals surface area contributed by atoms with Crippen molar-refractivity contribution in [2.75, 3.05) is 26.2 Å². The Morgan fingerprint density at radius 1 is 0.811 bits per heavy atom. The topological polar surface area (TPSA) is 40.6 Å². The molecule has 2 fully saturated rings. The number of hydrogen-bond donors (Lipinski definition) is 0. The lowest BCUT2D eigenvalue weighted by Crippen LogP contribution is -2.43. The first-order chi connectivity index (χ1) is 17.9. The minimum Gasteiger partial charge on any atom is -0.343 e. The summed E-state index contributed by atoms with van der Waals surface area (Å²) in [5, 5.41) is 0. The van der Waals surface area contributed by atoms with Gasteiger partial charge in [-0.2, -0.15) is 0 Å². The summed E-state index contributed by atoms with van der Waals surface area (Å²) in [6, 6.07) is 21.6. The van der Waals surface area contributed by atoms with Crippen molar-refractivity contribution in [3.8, 4) is 11.1 Å². The molecule has 0 unspecified atom stereocenters. The van der Waals surface area contributed by atoms with E-state index in [0.29, 0.717) is 44.6 Å². The van der Waals surface area contributed by atoms with Crippen molar-refractivity contribution < 1.29 is 18.4 Å². The zero-order chi connectivity index (χ0) is 25.9. The molecule has 6 heteroatoms. The zero-order valence-electron chi connectivity index (χ0n) is 21.1. The predicted molar refractivity (Wildman–Crippen MR) is 140 cm³/mol. The highest BCUT2D eigenvalue weighted by molar-refractivity contribution is 5.80. The molecule has 0 saturated carbocycles. The minimum atomic E-state index is -0.580. The molecule has 2 aliphatic heterocycles. The van der Waals surface area contributed by atoms with Crippen molar-refractivity contribution in [2.24, 2.45) is 11.8 Å². The van der Waals surface area contributed by atoms with Gasteiger partial charge in [-0.15, -0.1) is 0 Å². The second-order valence-corrected chi connectivity index (χ2v) is 10.3. The van der Waals surface area contributed by atoms with Gasteiger partial charge in [0.05, 0.1) is 5.56 Å². The van der Waals surface area contributed by atoms with Gasteiger partial charge >= 0.3 is 0 Å². The van der Waals surface area contributed by atoms with E-state index in [4.69, 9.17) is 0 Å². The Morgan fingerprint density at radius 2 is 1.46 bits per heavy atom. The Labute approximate surface area is 216 Å². The summed E-state index contributed by atoms with van der Waals surface area (Å²) in [4.78, 5) is 29.0. The van der Waals surface area contributed by atoms with Crippen LogP contribution >= 0.6 is 0 Å². The molecule has 2 heterocycles. The van der Waals surface area contributed by atoms with Crippen LogP contribution in [0.25, 0.3) is 11.1 Å². The monoisotopic (exact) mass is 502 g/mol. The number of rotatable bonds is 5. The summed E-state index contributed by atoms with van der Waals surface area (Å²) in [6.45, 7) is 4.13. The van der Waals surface area contributed by atoms with E-state index in [1.807, 2.05) is 40.1 Å². The summed E-state index contributed by atoms with van der Waals surface area (Å²) >= 11 is 0. The van der Waals surface area contributed by atoms with Gasteiger partial charge in [-0.05, 0) is 54.0 Å². The third-order valence-corrected chi connectivity index (χ3v) is 7.97. The van der Waals surface area contributed by atoms with Crippen LogP contribution in [0.5, 0.6) is 0 Å². The summed E-state index contributed by atoms with van der Waals surface area (Å²) in [5.74, 6) is -0.618. The van der Waals surface area contributed by atoms with E-state index in [9.17, 15) is 18.4 Å². The second kappa shape index (κ2) is 10.8. The number of nitrogens with zero attached hydrogens (tertiary/aromatic N) is 2. The molecule has 2 atom stereocenters. The van der Waals surface area contributed by atoms with Crippen molar-refractivity contribution in [1.82, 2.24) is 9.80 Å². The van der Waals surface area contributed by atoms with E-state index in [2.05, 4.69) is 12.1 Å². The summed E-state index contributed by atoms with van der Waals surface area (Å²) in [7, 11) is 0. The normalized spacial score (nSPS) is 20.3. The average Bonchev–Trinajstić information content (AvgIpc) is 3.33. The van der Waals surface area contributed by atoms with Gasteiger partial charge in [0.2, 0.25) is 11.8 Å². The average molecular weight is 503 g/mol. The number of benzene rings is 3. The van der Waals surface area contributed by atoms with Gasteiger partial charge in [0.25, 0.3) is 0 Å². The van der Waals surface area contributed by atoms with Crippen molar-refractivity contribution in [2.45, 2.75) is 32.1 Å². The van der Waals surface area contributed by atoms with E-state index in [1.54, 1.807) is 19.1 Å². The van der Waals surface area contributed by atoms with Gasteiger partial charge in [-0.1, -0.05) is 60.7 Å². The van der Waals surface area contributed by atoms with E-state index < -0.39 is 11.6 Å². The fourth-order valence-electron chi connectivity index (χ4n) is 5.92. The number of halogens is 2. The summed E-state index contributed by atoms with van der Waals surface area (Å²) < 4.78 is 28.6. The number of carbonyl (C=O) groups is 2. The van der Waals surface area contributed by atoms with Crippen molar-refractivity contribution in [3.05, 3.63) is 95.6 Å². The first-order valence-corrected chi connectivity index (χ1v) is 13.0. The number of carbonyl (C=O) groups excluding carboxylic acids is 2. The number of likely N-dealkylation sites (tertiary alicyclic amines) is 2. The molecular weight excluding hydrogens is 470 g/mol. The molecule has 2 amide bonds. The van der Waals surface area contributed by atoms with Crippen LogP contribution in [0.15, 0.2) is 72.8 Å². The molecule has 3 aromatic carbocycles. The largest absolute Gasteiger partial charge is 0.343 e. The Balaban J connectivity index is 1.36. The van der Waals surface area contributed by atoms with Crippen LogP contribution in [0.2, 0.25) is 0 Å². The molecule has 0 aliphatic carbocycles. The van der Waals surface area contributed by atoms with E-state index in [1.165, 1.54) is 23.8 Å². The Hall–Kier alpha value is -3.54. The quantitative estimate of drug-likeness (QED) is 0.451. The Morgan fingerprint density at radius 3 is 2.08 bits per heavy atom. The van der Waals surface area contributed by atoms with E-state index >= 15 is 0 Å². The van der Waals surface area contributed by atoms with Crippen LogP contribution in [0, 0.1) is 23.5 Å². The predicted octanol–water partition coefficient (Wildman–Crippen LogP) is 5.68. The molecule has 0 aromatic heterocycles. The van der Waals surface area contributed by atoms with Gasteiger partial charge in [0, 0.05) is 44.9 Å². The van der Waals surface area contributed by atoms with Crippen LogP contribution < -0.4 is 0 Å². The Bertz CT molecular complexity index is 1230. The maximum Gasteiger partial charge on any atom is 0.225 e. The molecule has 0 bridgehead atoms. The van der Waals surface area contributed by atoms with E-state index in [-0.39, 0.29) is 35.1 Å². The van der Waals surface area contributed by atoms with Crippen LogP contribution in [0.3, 0.4) is 0 Å². The molecule has 2 aliphatic rings. The van der Waals surface area contributed by atoms with E-state index in [0.717, 1.165) is 12.0 Å². The smallest absolute Gasteiger partial charge is 0.225 e. The SMILES string of the molecule is CC(=O)N1CCC(C(=O)N2C[C@@H](Cc3ccccc3)[C@H](c3ccc(-c4c(F)cccc4F)cc3)C2)CC1. The van der Waals surface area contributed by atoms with Gasteiger partial charge < -0.3 is 9.80 Å². The number of hydrogen-bond acceptors (Lipinski definition) is 2. The molecule has 4 nitrogen and oxygen atoms in total. The Kier molecular flexibility index (Phi) is 7.36. The van der Waals surface area contributed by atoms with Gasteiger partial charge in [-0.25, -0.2) is 8.78 Å². The zero-order valence-corrected chi connectivity index (χ0v) is 21.1. The standard InChI is InChI=1S/C31H32F2N2O2/c1-21(36)34-16-14-25(15-17-34)31(37)35-19-26(18-22-6-3-2-4-7-22)27(20-35)23-10-12-24(13-11-23)30-28(32)8-5-9-29(30)33/h2-13,25-27H,14-20H2,1H3/t26-,27+/m1/s1. The molecule has 37 heavy (non-hydrogen) atoms. The molecule has 0 radical (unpaired) electrons. The lowest BCUT2D eigenvalue weighted by molar-refractivity contribution is -0.139. The molecule has 3 aromatic rings. The van der Waals surface area contributed by atoms with Gasteiger partial charge in [-0.3, -0.25) is 9.59 Å². The lowest BCUT2D eigenvalue weighted by atomic mass is 9.84. The second-order valence-electron chi connectivity index (χ2n) is 10.3.